The molecule has 3 heterocycles. The molecule has 158 valence electrons. The molecule has 7 heteroatoms. The Balaban J connectivity index is 1.29. The van der Waals surface area contributed by atoms with E-state index in [1.54, 1.807) is 0 Å². The van der Waals surface area contributed by atoms with Gasteiger partial charge in [-0.1, -0.05) is 18.9 Å². The molecule has 3 fully saturated rings. The van der Waals surface area contributed by atoms with Gasteiger partial charge in [0.2, 0.25) is 0 Å². The SMILES string of the molecule is CCN1CC(N2CCN(c3cccc4c3OCCO4)CC2)N(C2CCCC2)C1=O. The molecule has 1 aromatic rings. The van der Waals surface area contributed by atoms with Crippen molar-refractivity contribution in [3.05, 3.63) is 18.2 Å². The molecule has 0 radical (unpaired) electrons. The summed E-state index contributed by atoms with van der Waals surface area (Å²) in [5, 5.41) is 0. The summed E-state index contributed by atoms with van der Waals surface area (Å²) in [6, 6.07) is 6.83. The first-order chi connectivity index (χ1) is 14.3. The molecule has 1 saturated carbocycles. The maximum atomic E-state index is 13.0. The topological polar surface area (TPSA) is 48.5 Å². The van der Waals surface area contributed by atoms with Gasteiger partial charge in [0.05, 0.1) is 12.2 Å². The number of carbonyl (C=O) groups is 1. The van der Waals surface area contributed by atoms with E-state index in [0.29, 0.717) is 19.3 Å². The number of rotatable bonds is 4. The van der Waals surface area contributed by atoms with Gasteiger partial charge in [-0.3, -0.25) is 4.90 Å². The van der Waals surface area contributed by atoms with E-state index >= 15 is 0 Å². The fourth-order valence-electron chi connectivity index (χ4n) is 5.36. The third-order valence-corrected chi connectivity index (χ3v) is 6.92. The van der Waals surface area contributed by atoms with Crippen LogP contribution in [-0.2, 0) is 0 Å². The second kappa shape index (κ2) is 7.94. The van der Waals surface area contributed by atoms with Crippen LogP contribution in [0.25, 0.3) is 0 Å². The average molecular weight is 401 g/mol. The first kappa shape index (κ1) is 18.9. The zero-order chi connectivity index (χ0) is 19.8. The van der Waals surface area contributed by atoms with Crippen molar-refractivity contribution >= 4 is 11.7 Å². The van der Waals surface area contributed by atoms with Crippen molar-refractivity contribution in [3.63, 3.8) is 0 Å². The molecule has 0 N–H and O–H groups in total. The fraction of sp³-hybridized carbons (Fsp3) is 0.682. The molecule has 0 bridgehead atoms. The zero-order valence-corrected chi connectivity index (χ0v) is 17.4. The summed E-state index contributed by atoms with van der Waals surface area (Å²) in [4.78, 5) is 22.2. The molecule has 29 heavy (non-hydrogen) atoms. The monoisotopic (exact) mass is 400 g/mol. The molecule has 2 amide bonds. The van der Waals surface area contributed by atoms with E-state index in [1.165, 1.54) is 12.8 Å². The Morgan fingerprint density at radius 3 is 2.55 bits per heavy atom. The minimum atomic E-state index is 0.219. The molecule has 7 nitrogen and oxygen atoms in total. The van der Waals surface area contributed by atoms with E-state index in [2.05, 4.69) is 27.7 Å². The molecule has 1 atom stereocenters. The van der Waals surface area contributed by atoms with Gasteiger partial charge in [0.25, 0.3) is 0 Å². The second-order valence-corrected chi connectivity index (χ2v) is 8.47. The van der Waals surface area contributed by atoms with Crippen LogP contribution < -0.4 is 14.4 Å². The van der Waals surface area contributed by atoms with Gasteiger partial charge in [-0.25, -0.2) is 4.79 Å². The van der Waals surface area contributed by atoms with Gasteiger partial charge in [0.15, 0.2) is 11.5 Å². The minimum Gasteiger partial charge on any atom is -0.486 e. The highest BCUT2D eigenvalue weighted by molar-refractivity contribution is 5.77. The van der Waals surface area contributed by atoms with Crippen molar-refractivity contribution in [1.29, 1.82) is 0 Å². The van der Waals surface area contributed by atoms with E-state index in [4.69, 9.17) is 9.47 Å². The number of hydrogen-bond donors (Lipinski definition) is 0. The van der Waals surface area contributed by atoms with E-state index < -0.39 is 0 Å². The molecular weight excluding hydrogens is 368 g/mol. The van der Waals surface area contributed by atoms with Gasteiger partial charge in [0.1, 0.15) is 19.4 Å². The number of hydrogen-bond acceptors (Lipinski definition) is 5. The van der Waals surface area contributed by atoms with Crippen molar-refractivity contribution in [3.8, 4) is 11.5 Å². The largest absolute Gasteiger partial charge is 0.486 e. The van der Waals surface area contributed by atoms with Crippen molar-refractivity contribution in [1.82, 2.24) is 14.7 Å². The van der Waals surface area contributed by atoms with E-state index in [9.17, 15) is 4.79 Å². The van der Waals surface area contributed by atoms with Crippen LogP contribution in [0.5, 0.6) is 11.5 Å². The Bertz CT molecular complexity index is 744. The number of para-hydroxylation sites is 1. The molecule has 4 aliphatic rings. The van der Waals surface area contributed by atoms with Crippen LogP contribution in [-0.4, -0.2) is 85.4 Å². The van der Waals surface area contributed by atoms with Crippen molar-refractivity contribution < 1.29 is 14.3 Å². The van der Waals surface area contributed by atoms with Crippen LogP contribution in [0, 0.1) is 0 Å². The summed E-state index contributed by atoms with van der Waals surface area (Å²) in [6.07, 6.45) is 5.04. The molecule has 2 saturated heterocycles. The average Bonchev–Trinajstić information content (AvgIpc) is 3.41. The summed E-state index contributed by atoms with van der Waals surface area (Å²) in [6.45, 7) is 8.75. The third-order valence-electron chi connectivity index (χ3n) is 6.92. The molecule has 1 aliphatic carbocycles. The van der Waals surface area contributed by atoms with Gasteiger partial charge in [-0.2, -0.15) is 0 Å². The third kappa shape index (κ3) is 3.39. The van der Waals surface area contributed by atoms with Gasteiger partial charge >= 0.3 is 6.03 Å². The molecule has 1 aromatic carbocycles. The number of piperazine rings is 1. The van der Waals surface area contributed by atoms with Crippen LogP contribution in [0.3, 0.4) is 0 Å². The molecule has 5 rings (SSSR count). The lowest BCUT2D eigenvalue weighted by molar-refractivity contribution is 0.0664. The summed E-state index contributed by atoms with van der Waals surface area (Å²) in [5.41, 5.74) is 1.13. The summed E-state index contributed by atoms with van der Waals surface area (Å²) in [7, 11) is 0. The van der Waals surface area contributed by atoms with Crippen molar-refractivity contribution in [2.24, 2.45) is 0 Å². The highest BCUT2D eigenvalue weighted by Gasteiger charge is 2.44. The van der Waals surface area contributed by atoms with Crippen LogP contribution in [0.1, 0.15) is 32.6 Å². The van der Waals surface area contributed by atoms with Crippen LogP contribution in [0.15, 0.2) is 18.2 Å². The molecule has 0 spiro atoms. The second-order valence-electron chi connectivity index (χ2n) is 8.47. The van der Waals surface area contributed by atoms with E-state index in [1.807, 2.05) is 17.0 Å². The number of fused-ring (bicyclic) bond motifs is 1. The molecule has 1 unspecified atom stereocenters. The quantitative estimate of drug-likeness (QED) is 0.778. The Hall–Kier alpha value is -2.15. The number of ether oxygens (including phenoxy) is 2. The lowest BCUT2D eigenvalue weighted by Crippen LogP contribution is -2.57. The number of urea groups is 1. The summed E-state index contributed by atoms with van der Waals surface area (Å²) < 4.78 is 11.7. The van der Waals surface area contributed by atoms with Gasteiger partial charge in [0, 0.05) is 38.8 Å². The number of likely N-dealkylation sites (N-methyl/N-ethyl adjacent to an activating group) is 1. The predicted octanol–water partition coefficient (Wildman–Crippen LogP) is 2.61. The lowest BCUT2D eigenvalue weighted by Gasteiger charge is -2.43. The lowest BCUT2D eigenvalue weighted by atomic mass is 10.1. The Morgan fingerprint density at radius 1 is 1.03 bits per heavy atom. The van der Waals surface area contributed by atoms with Crippen molar-refractivity contribution in [2.75, 3.05) is 57.4 Å². The van der Waals surface area contributed by atoms with Gasteiger partial charge < -0.3 is 24.2 Å². The van der Waals surface area contributed by atoms with Crippen LogP contribution in [0.4, 0.5) is 10.5 Å². The minimum absolute atomic E-state index is 0.219. The zero-order valence-electron chi connectivity index (χ0n) is 17.4. The number of amides is 2. The first-order valence-corrected chi connectivity index (χ1v) is 11.2. The Labute approximate surface area is 173 Å². The number of anilines is 1. The van der Waals surface area contributed by atoms with Gasteiger partial charge in [-0.15, -0.1) is 0 Å². The standard InChI is InChI=1S/C22H32N4O3/c1-2-23-16-20(26(22(23)27)17-6-3-4-7-17)25-12-10-24(11-13-25)18-8-5-9-19-21(18)29-15-14-28-19/h5,8-9,17,20H,2-4,6-7,10-16H2,1H3. The maximum absolute atomic E-state index is 13.0. The van der Waals surface area contributed by atoms with Crippen molar-refractivity contribution in [2.45, 2.75) is 44.8 Å². The summed E-state index contributed by atoms with van der Waals surface area (Å²) in [5.74, 6) is 1.73. The summed E-state index contributed by atoms with van der Waals surface area (Å²) >= 11 is 0. The molecule has 3 aliphatic heterocycles. The number of nitrogens with zero attached hydrogens (tertiary/aromatic N) is 4. The highest BCUT2D eigenvalue weighted by atomic mass is 16.6. The van der Waals surface area contributed by atoms with Gasteiger partial charge in [-0.05, 0) is 31.9 Å². The number of benzene rings is 1. The Kier molecular flexibility index (Phi) is 5.16. The fourth-order valence-corrected chi connectivity index (χ4v) is 5.36. The normalized spacial score (nSPS) is 25.9. The smallest absolute Gasteiger partial charge is 0.321 e. The van der Waals surface area contributed by atoms with Crippen LogP contribution >= 0.6 is 0 Å². The molecule has 0 aromatic heterocycles. The van der Waals surface area contributed by atoms with Crippen LogP contribution in [0.2, 0.25) is 0 Å². The highest BCUT2D eigenvalue weighted by Crippen LogP contribution is 2.40. The van der Waals surface area contributed by atoms with E-state index in [-0.39, 0.29) is 12.2 Å². The Morgan fingerprint density at radius 2 is 1.79 bits per heavy atom. The predicted molar refractivity (Wildman–Crippen MR) is 112 cm³/mol. The van der Waals surface area contributed by atoms with E-state index in [0.717, 1.165) is 69.3 Å². The maximum Gasteiger partial charge on any atom is 0.321 e. The number of carbonyl (C=O) groups excluding carboxylic acids is 1. The first-order valence-electron chi connectivity index (χ1n) is 11.2. The molecular formula is C22H32N4O3.